The number of rotatable bonds is 17. The summed E-state index contributed by atoms with van der Waals surface area (Å²) >= 11 is 0. The molecule has 1 heterocycles. The van der Waals surface area contributed by atoms with Crippen LogP contribution in [-0.2, 0) is 15.0 Å². The SMILES string of the molecule is CCCCCCCC/C=C\CCCCCCCC(=O)N1CCC(C(=O)O)(c2ccccc2)CC1. The van der Waals surface area contributed by atoms with Gasteiger partial charge in [0.15, 0.2) is 0 Å². The third-order valence-corrected chi connectivity index (χ3v) is 7.36. The lowest BCUT2D eigenvalue weighted by Gasteiger charge is -2.39. The molecule has 0 radical (unpaired) electrons. The Balaban J connectivity index is 1.51. The predicted octanol–water partition coefficient (Wildman–Crippen LogP) is 7.67. The minimum Gasteiger partial charge on any atom is -0.481 e. The lowest BCUT2D eigenvalue weighted by Crippen LogP contribution is -2.49. The van der Waals surface area contributed by atoms with Gasteiger partial charge in [0.05, 0.1) is 5.41 Å². The molecular formula is C30H47NO3. The Hall–Kier alpha value is -2.10. The number of carbonyl (C=O) groups is 2. The fraction of sp³-hybridized carbons (Fsp3) is 0.667. The van der Waals surface area contributed by atoms with E-state index < -0.39 is 11.4 Å². The molecule has 1 fully saturated rings. The van der Waals surface area contributed by atoms with Gasteiger partial charge in [0, 0.05) is 19.5 Å². The summed E-state index contributed by atoms with van der Waals surface area (Å²) in [6.07, 6.45) is 22.5. The molecule has 0 atom stereocenters. The average molecular weight is 470 g/mol. The Morgan fingerprint density at radius 3 is 1.91 bits per heavy atom. The topological polar surface area (TPSA) is 57.6 Å². The molecule has 0 aromatic heterocycles. The number of aliphatic carboxylic acids is 1. The van der Waals surface area contributed by atoms with E-state index in [1.54, 1.807) is 0 Å². The smallest absolute Gasteiger partial charge is 0.314 e. The molecule has 0 spiro atoms. The number of allylic oxidation sites excluding steroid dienone is 2. The molecule has 1 aromatic rings. The average Bonchev–Trinajstić information content (AvgIpc) is 2.86. The highest BCUT2D eigenvalue weighted by molar-refractivity contribution is 5.82. The lowest BCUT2D eigenvalue weighted by molar-refractivity contribution is -0.148. The van der Waals surface area contributed by atoms with Crippen LogP contribution in [0.3, 0.4) is 0 Å². The number of piperidine rings is 1. The van der Waals surface area contributed by atoms with E-state index in [1.165, 1.54) is 70.6 Å². The van der Waals surface area contributed by atoms with Gasteiger partial charge in [-0.2, -0.15) is 0 Å². The van der Waals surface area contributed by atoms with E-state index in [0.29, 0.717) is 32.4 Å². The fourth-order valence-electron chi connectivity index (χ4n) is 5.03. The highest BCUT2D eigenvalue weighted by atomic mass is 16.4. The summed E-state index contributed by atoms with van der Waals surface area (Å²) in [6, 6.07) is 9.49. The third kappa shape index (κ3) is 9.64. The molecule has 0 bridgehead atoms. The monoisotopic (exact) mass is 469 g/mol. The van der Waals surface area contributed by atoms with Crippen LogP contribution in [0.1, 0.15) is 115 Å². The molecule has 4 heteroatoms. The highest BCUT2D eigenvalue weighted by Gasteiger charge is 2.43. The van der Waals surface area contributed by atoms with Crippen molar-refractivity contribution in [2.45, 2.75) is 115 Å². The Morgan fingerprint density at radius 2 is 1.35 bits per heavy atom. The first-order valence-electron chi connectivity index (χ1n) is 13.8. The van der Waals surface area contributed by atoms with Crippen molar-refractivity contribution in [1.29, 1.82) is 0 Å². The number of hydrogen-bond donors (Lipinski definition) is 1. The molecule has 34 heavy (non-hydrogen) atoms. The molecule has 0 unspecified atom stereocenters. The van der Waals surface area contributed by atoms with Crippen LogP contribution in [-0.4, -0.2) is 35.0 Å². The van der Waals surface area contributed by atoms with E-state index >= 15 is 0 Å². The first-order valence-corrected chi connectivity index (χ1v) is 13.8. The van der Waals surface area contributed by atoms with Gasteiger partial charge in [-0.05, 0) is 50.5 Å². The zero-order valence-corrected chi connectivity index (χ0v) is 21.5. The van der Waals surface area contributed by atoms with Gasteiger partial charge >= 0.3 is 5.97 Å². The molecular weight excluding hydrogens is 422 g/mol. The third-order valence-electron chi connectivity index (χ3n) is 7.36. The van der Waals surface area contributed by atoms with Crippen molar-refractivity contribution in [3.63, 3.8) is 0 Å². The minimum absolute atomic E-state index is 0.185. The summed E-state index contributed by atoms with van der Waals surface area (Å²) in [4.78, 5) is 26.6. The number of carboxylic acids is 1. The molecule has 1 N–H and O–H groups in total. The maximum Gasteiger partial charge on any atom is 0.314 e. The van der Waals surface area contributed by atoms with Crippen molar-refractivity contribution in [1.82, 2.24) is 4.90 Å². The summed E-state index contributed by atoms with van der Waals surface area (Å²) in [5.41, 5.74) is -0.00643. The van der Waals surface area contributed by atoms with Gasteiger partial charge in [0.1, 0.15) is 0 Å². The molecule has 1 aromatic carbocycles. The highest BCUT2D eigenvalue weighted by Crippen LogP contribution is 2.36. The first-order chi connectivity index (χ1) is 16.6. The van der Waals surface area contributed by atoms with Gasteiger partial charge < -0.3 is 10.0 Å². The zero-order chi connectivity index (χ0) is 24.5. The van der Waals surface area contributed by atoms with Crippen LogP contribution in [0.15, 0.2) is 42.5 Å². The maximum atomic E-state index is 12.6. The van der Waals surface area contributed by atoms with E-state index in [9.17, 15) is 14.7 Å². The van der Waals surface area contributed by atoms with Crippen LogP contribution in [0.5, 0.6) is 0 Å². The fourth-order valence-corrected chi connectivity index (χ4v) is 5.03. The molecule has 4 nitrogen and oxygen atoms in total. The number of nitrogens with zero attached hydrogens (tertiary/aromatic N) is 1. The van der Waals surface area contributed by atoms with Crippen molar-refractivity contribution in [2.75, 3.05) is 13.1 Å². The molecule has 1 aliphatic rings. The van der Waals surface area contributed by atoms with E-state index in [2.05, 4.69) is 19.1 Å². The quantitative estimate of drug-likeness (QED) is 0.188. The first kappa shape index (κ1) is 28.1. The summed E-state index contributed by atoms with van der Waals surface area (Å²) < 4.78 is 0. The largest absolute Gasteiger partial charge is 0.481 e. The Kier molecular flexibility index (Phi) is 13.7. The Labute approximate surface area is 207 Å². The van der Waals surface area contributed by atoms with Gasteiger partial charge in [-0.25, -0.2) is 0 Å². The van der Waals surface area contributed by atoms with E-state index in [4.69, 9.17) is 0 Å². The van der Waals surface area contributed by atoms with Gasteiger partial charge in [-0.3, -0.25) is 9.59 Å². The van der Waals surface area contributed by atoms with Crippen LogP contribution in [0.4, 0.5) is 0 Å². The molecule has 2 rings (SSSR count). The molecule has 0 aliphatic carbocycles. The zero-order valence-electron chi connectivity index (χ0n) is 21.5. The number of hydrogen-bond acceptors (Lipinski definition) is 2. The van der Waals surface area contributed by atoms with Crippen LogP contribution < -0.4 is 0 Å². The van der Waals surface area contributed by atoms with Crippen molar-refractivity contribution in [3.05, 3.63) is 48.0 Å². The van der Waals surface area contributed by atoms with Crippen LogP contribution in [0.25, 0.3) is 0 Å². The van der Waals surface area contributed by atoms with Crippen LogP contribution in [0.2, 0.25) is 0 Å². The van der Waals surface area contributed by atoms with Gasteiger partial charge in [0.2, 0.25) is 5.91 Å². The van der Waals surface area contributed by atoms with E-state index in [1.807, 2.05) is 35.2 Å². The molecule has 1 amide bonds. The summed E-state index contributed by atoms with van der Waals surface area (Å²) in [6.45, 7) is 3.33. The maximum absolute atomic E-state index is 12.6. The van der Waals surface area contributed by atoms with Crippen molar-refractivity contribution < 1.29 is 14.7 Å². The standard InChI is InChI=1S/C30H47NO3/c1-2-3-4-5-6-7-8-9-10-11-12-13-14-15-19-22-28(32)31-25-23-30(24-26-31,29(33)34)27-20-17-16-18-21-27/h9-10,16-18,20-21H,2-8,11-15,19,22-26H2,1H3,(H,33,34)/b10-9-. The number of likely N-dealkylation sites (tertiary alicyclic amines) is 1. The van der Waals surface area contributed by atoms with Crippen molar-refractivity contribution in [3.8, 4) is 0 Å². The molecule has 1 aliphatic heterocycles. The second-order valence-corrected chi connectivity index (χ2v) is 9.97. The predicted molar refractivity (Wildman–Crippen MR) is 141 cm³/mol. The number of carboxylic acid groups (broad SMARTS) is 1. The van der Waals surface area contributed by atoms with Gasteiger partial charge in [-0.1, -0.05) is 101 Å². The lowest BCUT2D eigenvalue weighted by atomic mass is 9.73. The number of carbonyl (C=O) groups excluding carboxylic acids is 1. The Morgan fingerprint density at radius 1 is 0.824 bits per heavy atom. The minimum atomic E-state index is -0.860. The summed E-state index contributed by atoms with van der Waals surface area (Å²) in [5.74, 6) is -0.590. The molecule has 1 saturated heterocycles. The van der Waals surface area contributed by atoms with Crippen LogP contribution >= 0.6 is 0 Å². The second kappa shape index (κ2) is 16.5. The molecule has 190 valence electrons. The summed E-state index contributed by atoms with van der Waals surface area (Å²) in [5, 5.41) is 9.91. The summed E-state index contributed by atoms with van der Waals surface area (Å²) in [7, 11) is 0. The van der Waals surface area contributed by atoms with Gasteiger partial charge in [0.25, 0.3) is 0 Å². The van der Waals surface area contributed by atoms with Gasteiger partial charge in [-0.15, -0.1) is 0 Å². The number of unbranched alkanes of at least 4 members (excludes halogenated alkanes) is 11. The number of amides is 1. The van der Waals surface area contributed by atoms with E-state index in [0.717, 1.165) is 18.4 Å². The van der Waals surface area contributed by atoms with Crippen LogP contribution in [0, 0.1) is 0 Å². The number of benzene rings is 1. The van der Waals surface area contributed by atoms with Crippen molar-refractivity contribution in [2.24, 2.45) is 0 Å². The normalized spacial score (nSPS) is 15.6. The second-order valence-electron chi connectivity index (χ2n) is 9.97. The van der Waals surface area contributed by atoms with E-state index in [-0.39, 0.29) is 5.91 Å². The van der Waals surface area contributed by atoms with Crippen molar-refractivity contribution >= 4 is 11.9 Å². The Bertz CT molecular complexity index is 720. The molecule has 0 saturated carbocycles.